The molecule has 1 saturated heterocycles. The second-order valence-corrected chi connectivity index (χ2v) is 7.04. The van der Waals surface area contributed by atoms with Gasteiger partial charge in [-0.2, -0.15) is 0 Å². The van der Waals surface area contributed by atoms with E-state index in [1.54, 1.807) is 5.41 Å². The van der Waals surface area contributed by atoms with Crippen LogP contribution in [0.25, 0.3) is 0 Å². The van der Waals surface area contributed by atoms with E-state index in [-0.39, 0.29) is 0 Å². The Morgan fingerprint density at radius 3 is 2.59 bits per heavy atom. The molecule has 1 aliphatic rings. The van der Waals surface area contributed by atoms with Gasteiger partial charge in [0, 0.05) is 4.90 Å². The number of allylic oxidation sites excluding steroid dienone is 1. The number of hydrogen-bond donors (Lipinski definition) is 0. The summed E-state index contributed by atoms with van der Waals surface area (Å²) >= 11 is 1.46. The third-order valence-electron chi connectivity index (χ3n) is 2.77. The second-order valence-electron chi connectivity index (χ2n) is 3.87. The minimum Gasteiger partial charge on any atom is -0.223 e. The third-order valence-corrected chi connectivity index (χ3v) is 6.15. The fourth-order valence-electron chi connectivity index (χ4n) is 1.78. The molecule has 2 nitrogen and oxygen atoms in total. The molecule has 4 heteroatoms. The molecule has 0 spiro atoms. The van der Waals surface area contributed by atoms with Crippen LogP contribution in [0.1, 0.15) is 12.8 Å². The van der Waals surface area contributed by atoms with Crippen LogP contribution in [0.5, 0.6) is 0 Å². The van der Waals surface area contributed by atoms with Gasteiger partial charge < -0.3 is 0 Å². The first kappa shape index (κ1) is 12.5. The van der Waals surface area contributed by atoms with Crippen LogP contribution in [-0.2, 0) is 9.84 Å². The predicted molar refractivity (Wildman–Crippen MR) is 72.5 cm³/mol. The summed E-state index contributed by atoms with van der Waals surface area (Å²) in [6, 6.07) is 9.76. The van der Waals surface area contributed by atoms with E-state index in [2.05, 4.69) is 6.58 Å². The number of thioether (sulfide) groups is 1. The van der Waals surface area contributed by atoms with Gasteiger partial charge in [0.2, 0.25) is 0 Å². The molecule has 1 aromatic rings. The van der Waals surface area contributed by atoms with Gasteiger partial charge in [0.1, 0.15) is 0 Å². The van der Waals surface area contributed by atoms with Gasteiger partial charge in [-0.15, -0.1) is 6.58 Å². The predicted octanol–water partition coefficient (Wildman–Crippen LogP) is 3.38. The first-order valence-electron chi connectivity index (χ1n) is 5.42. The average molecular weight is 266 g/mol. The van der Waals surface area contributed by atoms with Crippen molar-refractivity contribution < 1.29 is 8.42 Å². The molecule has 1 aromatic carbocycles. The van der Waals surface area contributed by atoms with Crippen molar-refractivity contribution in [2.45, 2.75) is 23.0 Å². The van der Waals surface area contributed by atoms with Crippen molar-refractivity contribution in [3.05, 3.63) is 53.3 Å². The summed E-state index contributed by atoms with van der Waals surface area (Å²) in [6.45, 7) is 3.58. The van der Waals surface area contributed by atoms with Gasteiger partial charge in [0.15, 0.2) is 9.84 Å². The van der Waals surface area contributed by atoms with Crippen LogP contribution in [0.3, 0.4) is 0 Å². The summed E-state index contributed by atoms with van der Waals surface area (Å²) in [6.07, 6.45) is 2.81. The fraction of sp³-hybridized carbons (Fsp3) is 0.231. The van der Waals surface area contributed by atoms with Crippen molar-refractivity contribution in [3.63, 3.8) is 0 Å². The quantitative estimate of drug-likeness (QED) is 0.621. The van der Waals surface area contributed by atoms with E-state index in [0.29, 0.717) is 17.7 Å². The molecule has 1 aliphatic heterocycles. The van der Waals surface area contributed by atoms with Gasteiger partial charge in [0.25, 0.3) is 0 Å². The Bertz CT molecular complexity index is 530. The van der Waals surface area contributed by atoms with Crippen molar-refractivity contribution in [2.24, 2.45) is 0 Å². The molecule has 0 amide bonds. The SMILES string of the molecule is C=CC1CC/C(=C\Sc2ccccc2)S1(=O)=O. The van der Waals surface area contributed by atoms with Gasteiger partial charge in [0.05, 0.1) is 10.2 Å². The van der Waals surface area contributed by atoms with Gasteiger partial charge in [-0.25, -0.2) is 8.42 Å². The highest BCUT2D eigenvalue weighted by molar-refractivity contribution is 8.03. The minimum atomic E-state index is -3.13. The van der Waals surface area contributed by atoms with E-state index >= 15 is 0 Å². The van der Waals surface area contributed by atoms with Gasteiger partial charge in [-0.05, 0) is 30.4 Å². The zero-order chi connectivity index (χ0) is 12.3. The molecule has 0 radical (unpaired) electrons. The highest BCUT2D eigenvalue weighted by Crippen LogP contribution is 2.34. The number of sulfone groups is 1. The smallest absolute Gasteiger partial charge is 0.181 e. The van der Waals surface area contributed by atoms with Crippen LogP contribution in [0, 0.1) is 0 Å². The molecule has 1 heterocycles. The van der Waals surface area contributed by atoms with Gasteiger partial charge in [-0.3, -0.25) is 0 Å². The zero-order valence-corrected chi connectivity index (χ0v) is 11.0. The highest BCUT2D eigenvalue weighted by Gasteiger charge is 2.33. The molecule has 1 unspecified atom stereocenters. The molecule has 17 heavy (non-hydrogen) atoms. The molecule has 0 saturated carbocycles. The molecule has 1 fully saturated rings. The summed E-state index contributed by atoms with van der Waals surface area (Å²) in [4.78, 5) is 1.59. The maximum Gasteiger partial charge on any atom is 0.181 e. The lowest BCUT2D eigenvalue weighted by Crippen LogP contribution is -2.11. The molecule has 0 N–H and O–H groups in total. The third kappa shape index (κ3) is 2.64. The van der Waals surface area contributed by atoms with Crippen LogP contribution in [0.2, 0.25) is 0 Å². The number of benzene rings is 1. The van der Waals surface area contributed by atoms with Crippen LogP contribution < -0.4 is 0 Å². The Morgan fingerprint density at radius 1 is 1.29 bits per heavy atom. The molecule has 90 valence electrons. The first-order valence-corrected chi connectivity index (χ1v) is 7.84. The Labute approximate surface area is 106 Å². The normalized spacial score (nSPS) is 24.9. The molecule has 2 rings (SSSR count). The summed E-state index contributed by atoms with van der Waals surface area (Å²) in [5.41, 5.74) is 0. The Hall–Kier alpha value is -1.00. The molecular weight excluding hydrogens is 252 g/mol. The summed E-state index contributed by atoms with van der Waals surface area (Å²) in [5.74, 6) is 0. The monoisotopic (exact) mass is 266 g/mol. The minimum absolute atomic E-state index is 0.398. The lowest BCUT2D eigenvalue weighted by Gasteiger charge is -2.02. The van der Waals surface area contributed by atoms with Crippen molar-refractivity contribution in [2.75, 3.05) is 0 Å². The lowest BCUT2D eigenvalue weighted by molar-refractivity contribution is 0.600. The zero-order valence-electron chi connectivity index (χ0n) is 9.37. The second kappa shape index (κ2) is 5.10. The van der Waals surface area contributed by atoms with Crippen molar-refractivity contribution in [1.29, 1.82) is 0 Å². The highest BCUT2D eigenvalue weighted by atomic mass is 32.2. The number of rotatable bonds is 3. The number of hydrogen-bond acceptors (Lipinski definition) is 3. The maximum absolute atomic E-state index is 12.0. The summed E-state index contributed by atoms with van der Waals surface area (Å²) in [5, 5.41) is 1.36. The van der Waals surface area contributed by atoms with E-state index in [0.717, 1.165) is 4.90 Å². The van der Waals surface area contributed by atoms with Crippen LogP contribution in [0.15, 0.2) is 58.2 Å². The Morgan fingerprint density at radius 2 is 2.00 bits per heavy atom. The Kier molecular flexibility index (Phi) is 3.74. The summed E-state index contributed by atoms with van der Waals surface area (Å²) < 4.78 is 24.0. The summed E-state index contributed by atoms with van der Waals surface area (Å²) in [7, 11) is -3.13. The van der Waals surface area contributed by atoms with Crippen LogP contribution in [-0.4, -0.2) is 13.7 Å². The molecule has 0 aliphatic carbocycles. The van der Waals surface area contributed by atoms with Gasteiger partial charge >= 0.3 is 0 Å². The van der Waals surface area contributed by atoms with Crippen molar-refractivity contribution in [3.8, 4) is 0 Å². The molecule has 0 aromatic heterocycles. The average Bonchev–Trinajstić information content (AvgIpc) is 2.62. The Balaban J connectivity index is 2.17. The van der Waals surface area contributed by atoms with Crippen LogP contribution >= 0.6 is 11.8 Å². The van der Waals surface area contributed by atoms with Crippen molar-refractivity contribution in [1.82, 2.24) is 0 Å². The standard InChI is InChI=1S/C13H14O2S2/c1-2-12-8-9-13(17(12,14)15)10-16-11-6-4-3-5-7-11/h2-7,10,12H,1,8-9H2/b13-10+. The lowest BCUT2D eigenvalue weighted by atomic mass is 10.2. The van der Waals surface area contributed by atoms with Crippen LogP contribution in [0.4, 0.5) is 0 Å². The van der Waals surface area contributed by atoms with E-state index in [1.165, 1.54) is 17.8 Å². The fourth-order valence-corrected chi connectivity index (χ4v) is 4.63. The van der Waals surface area contributed by atoms with E-state index < -0.39 is 15.1 Å². The van der Waals surface area contributed by atoms with Gasteiger partial charge in [-0.1, -0.05) is 36.0 Å². The molecule has 1 atom stereocenters. The van der Waals surface area contributed by atoms with E-state index in [4.69, 9.17) is 0 Å². The van der Waals surface area contributed by atoms with Crippen molar-refractivity contribution >= 4 is 21.6 Å². The van der Waals surface area contributed by atoms with E-state index in [1.807, 2.05) is 30.3 Å². The topological polar surface area (TPSA) is 34.1 Å². The maximum atomic E-state index is 12.0. The molecule has 0 bridgehead atoms. The van der Waals surface area contributed by atoms with E-state index in [9.17, 15) is 8.42 Å². The molecular formula is C13H14O2S2. The largest absolute Gasteiger partial charge is 0.223 e. The first-order chi connectivity index (χ1) is 8.14.